The largest absolute Gasteiger partial charge is 0.348 e. The summed E-state index contributed by atoms with van der Waals surface area (Å²) in [5.74, 6) is 3.58. The van der Waals surface area contributed by atoms with E-state index in [2.05, 4.69) is 40.9 Å². The van der Waals surface area contributed by atoms with Gasteiger partial charge in [-0.05, 0) is 69.1 Å². The lowest BCUT2D eigenvalue weighted by atomic mass is 9.49. The van der Waals surface area contributed by atoms with Crippen molar-refractivity contribution in [1.82, 2.24) is 20.1 Å². The summed E-state index contributed by atoms with van der Waals surface area (Å²) in [7, 11) is 0. The molecule has 5 nitrogen and oxygen atoms in total. The number of rotatable bonds is 9. The van der Waals surface area contributed by atoms with Crippen molar-refractivity contribution in [2.75, 3.05) is 0 Å². The fourth-order valence-corrected chi connectivity index (χ4v) is 7.02. The van der Waals surface area contributed by atoms with E-state index in [4.69, 9.17) is 0 Å². The molecule has 6 heteroatoms. The zero-order valence-electron chi connectivity index (χ0n) is 17.7. The van der Waals surface area contributed by atoms with E-state index >= 15 is 0 Å². The van der Waals surface area contributed by atoms with Gasteiger partial charge < -0.3 is 9.88 Å². The van der Waals surface area contributed by atoms with Gasteiger partial charge in [0.2, 0.25) is 5.91 Å². The molecule has 1 N–H and O–H groups in total. The highest BCUT2D eigenvalue weighted by atomic mass is 32.2. The molecule has 156 valence electrons. The Kier molecular flexibility index (Phi) is 6.05. The van der Waals surface area contributed by atoms with E-state index in [-0.39, 0.29) is 11.3 Å². The summed E-state index contributed by atoms with van der Waals surface area (Å²) in [6, 6.07) is 0. The molecule has 4 fully saturated rings. The molecule has 4 bridgehead atoms. The highest BCUT2D eigenvalue weighted by Crippen LogP contribution is 2.60. The molecule has 0 radical (unpaired) electrons. The van der Waals surface area contributed by atoms with E-state index in [0.29, 0.717) is 11.8 Å². The zero-order valence-corrected chi connectivity index (χ0v) is 18.6. The van der Waals surface area contributed by atoms with Crippen molar-refractivity contribution in [1.29, 1.82) is 0 Å². The van der Waals surface area contributed by atoms with Gasteiger partial charge >= 0.3 is 0 Å². The lowest BCUT2D eigenvalue weighted by Crippen LogP contribution is -2.53. The number of carbonyl (C=O) groups excluding carboxylic acids is 1. The van der Waals surface area contributed by atoms with Crippen LogP contribution in [0.4, 0.5) is 0 Å². The molecule has 0 saturated heterocycles. The molecular formula is C22H36N4OS. The minimum absolute atomic E-state index is 0.0860. The van der Waals surface area contributed by atoms with Crippen molar-refractivity contribution in [2.24, 2.45) is 23.2 Å². The minimum atomic E-state index is -0.0860. The Bertz CT molecular complexity index is 665. The number of hydrogen-bond donors (Lipinski definition) is 1. The van der Waals surface area contributed by atoms with Crippen molar-refractivity contribution < 1.29 is 4.79 Å². The maximum Gasteiger partial charge on any atom is 0.226 e. The molecule has 4 saturated carbocycles. The highest BCUT2D eigenvalue weighted by molar-refractivity contribution is 7.99. The molecule has 1 aromatic heterocycles. The van der Waals surface area contributed by atoms with Crippen LogP contribution in [0.1, 0.15) is 84.4 Å². The number of unbranched alkanes of at least 4 members (excludes halogenated alkanes) is 1. The second-order valence-corrected chi connectivity index (χ2v) is 11.0. The molecule has 1 aromatic rings. The average molecular weight is 405 g/mol. The molecule has 5 rings (SSSR count). The van der Waals surface area contributed by atoms with Gasteiger partial charge in [-0.25, -0.2) is 0 Å². The Hall–Kier alpha value is -1.04. The molecule has 0 unspecified atom stereocenters. The quantitative estimate of drug-likeness (QED) is 0.601. The van der Waals surface area contributed by atoms with E-state index < -0.39 is 0 Å². The second-order valence-electron chi connectivity index (χ2n) is 9.62. The van der Waals surface area contributed by atoms with Crippen molar-refractivity contribution >= 4 is 17.7 Å². The first kappa shape index (κ1) is 20.2. The summed E-state index contributed by atoms with van der Waals surface area (Å²) in [6.07, 6.45) is 10.8. The Balaban J connectivity index is 1.43. The van der Waals surface area contributed by atoms with Crippen LogP contribution in [-0.4, -0.2) is 25.9 Å². The summed E-state index contributed by atoms with van der Waals surface area (Å²) in [6.45, 7) is 8.10. The SMILES string of the molecule is CCCCn1c(CNC(=O)C23CC4CC(CC(C4)C2)C3)nnc1S[C@H](C)CC. The van der Waals surface area contributed by atoms with Crippen LogP contribution < -0.4 is 5.32 Å². The van der Waals surface area contributed by atoms with Crippen molar-refractivity contribution in [3.8, 4) is 0 Å². The Morgan fingerprint density at radius 1 is 1.18 bits per heavy atom. The minimum Gasteiger partial charge on any atom is -0.348 e. The number of nitrogens with one attached hydrogen (secondary N) is 1. The standard InChI is InChI=1S/C22H36N4OS/c1-4-6-7-26-19(24-25-21(26)28-15(3)5-2)14-23-20(27)22-11-16-8-17(12-22)10-18(9-16)13-22/h15-18H,4-14H2,1-3H3,(H,23,27)/t15-,16?,17?,18?,22?/m1/s1. The summed E-state index contributed by atoms with van der Waals surface area (Å²) >= 11 is 1.80. The first-order chi connectivity index (χ1) is 13.5. The molecule has 1 heterocycles. The van der Waals surface area contributed by atoms with E-state index in [0.717, 1.165) is 73.8 Å². The molecule has 28 heavy (non-hydrogen) atoms. The van der Waals surface area contributed by atoms with Gasteiger partial charge in [-0.2, -0.15) is 0 Å². The third-order valence-electron chi connectivity index (χ3n) is 7.34. The summed E-state index contributed by atoms with van der Waals surface area (Å²) in [5, 5.41) is 13.7. The van der Waals surface area contributed by atoms with Crippen LogP contribution >= 0.6 is 11.8 Å². The Morgan fingerprint density at radius 2 is 1.82 bits per heavy atom. The third-order valence-corrected chi connectivity index (χ3v) is 8.59. The monoisotopic (exact) mass is 404 g/mol. The Morgan fingerprint density at radius 3 is 2.39 bits per heavy atom. The van der Waals surface area contributed by atoms with Crippen molar-refractivity contribution in [2.45, 2.75) is 102 Å². The first-order valence-corrected chi connectivity index (χ1v) is 12.3. The first-order valence-electron chi connectivity index (χ1n) is 11.4. The zero-order chi connectivity index (χ0) is 19.7. The van der Waals surface area contributed by atoms with Crippen molar-refractivity contribution in [3.05, 3.63) is 5.82 Å². The topological polar surface area (TPSA) is 59.8 Å². The van der Waals surface area contributed by atoms with Crippen LogP contribution in [0.15, 0.2) is 5.16 Å². The number of carbonyl (C=O) groups is 1. The summed E-state index contributed by atoms with van der Waals surface area (Å²) in [5.41, 5.74) is -0.0860. The number of nitrogens with zero attached hydrogens (tertiary/aromatic N) is 3. The number of aromatic nitrogens is 3. The van der Waals surface area contributed by atoms with Gasteiger partial charge in [-0.1, -0.05) is 39.0 Å². The fraction of sp³-hybridized carbons (Fsp3) is 0.864. The molecule has 0 spiro atoms. The lowest BCUT2D eigenvalue weighted by molar-refractivity contribution is -0.146. The van der Waals surface area contributed by atoms with Crippen LogP contribution in [0.2, 0.25) is 0 Å². The second kappa shape index (κ2) is 8.37. The van der Waals surface area contributed by atoms with Crippen LogP contribution in [0.25, 0.3) is 0 Å². The lowest BCUT2D eigenvalue weighted by Gasteiger charge is -2.55. The van der Waals surface area contributed by atoms with Gasteiger partial charge in [-0.3, -0.25) is 4.79 Å². The smallest absolute Gasteiger partial charge is 0.226 e. The van der Waals surface area contributed by atoms with Crippen LogP contribution in [0, 0.1) is 23.2 Å². The van der Waals surface area contributed by atoms with Gasteiger partial charge in [0.15, 0.2) is 11.0 Å². The average Bonchev–Trinajstić information content (AvgIpc) is 3.04. The van der Waals surface area contributed by atoms with Crippen LogP contribution in [-0.2, 0) is 17.9 Å². The third kappa shape index (κ3) is 3.99. The molecule has 0 aliphatic heterocycles. The molecular weight excluding hydrogens is 368 g/mol. The van der Waals surface area contributed by atoms with Crippen molar-refractivity contribution in [3.63, 3.8) is 0 Å². The Labute approximate surface area is 173 Å². The fourth-order valence-electron chi connectivity index (χ4n) is 6.08. The molecule has 4 aliphatic carbocycles. The van der Waals surface area contributed by atoms with Gasteiger partial charge in [0, 0.05) is 17.2 Å². The van der Waals surface area contributed by atoms with Crippen LogP contribution in [0.3, 0.4) is 0 Å². The van der Waals surface area contributed by atoms with Crippen LogP contribution in [0.5, 0.6) is 0 Å². The molecule has 1 atom stereocenters. The maximum absolute atomic E-state index is 13.3. The van der Waals surface area contributed by atoms with E-state index in [1.54, 1.807) is 11.8 Å². The highest BCUT2D eigenvalue weighted by Gasteiger charge is 2.54. The number of amides is 1. The predicted octanol–water partition coefficient (Wildman–Crippen LogP) is 4.80. The van der Waals surface area contributed by atoms with Gasteiger partial charge in [0.05, 0.1) is 6.54 Å². The summed E-state index contributed by atoms with van der Waals surface area (Å²) in [4.78, 5) is 13.3. The predicted molar refractivity (Wildman–Crippen MR) is 113 cm³/mol. The molecule has 4 aliphatic rings. The van der Waals surface area contributed by atoms with E-state index in [1.165, 1.54) is 19.3 Å². The van der Waals surface area contributed by atoms with E-state index in [9.17, 15) is 4.79 Å². The number of thioether (sulfide) groups is 1. The summed E-state index contributed by atoms with van der Waals surface area (Å²) < 4.78 is 2.24. The normalized spacial score (nSPS) is 31.9. The number of hydrogen-bond acceptors (Lipinski definition) is 4. The van der Waals surface area contributed by atoms with Gasteiger partial charge in [0.25, 0.3) is 0 Å². The van der Waals surface area contributed by atoms with Gasteiger partial charge in [0.1, 0.15) is 0 Å². The maximum atomic E-state index is 13.3. The molecule has 1 amide bonds. The van der Waals surface area contributed by atoms with Gasteiger partial charge in [-0.15, -0.1) is 10.2 Å². The van der Waals surface area contributed by atoms with E-state index in [1.807, 2.05) is 0 Å². The molecule has 0 aromatic carbocycles.